The molecule has 3 heteroatoms. The van der Waals surface area contributed by atoms with Crippen molar-refractivity contribution in [2.45, 2.75) is 52.6 Å². The van der Waals surface area contributed by atoms with Crippen LogP contribution in [-0.2, 0) is 0 Å². The van der Waals surface area contributed by atoms with Crippen LogP contribution in [0.3, 0.4) is 0 Å². The van der Waals surface area contributed by atoms with Crippen molar-refractivity contribution in [1.82, 2.24) is 15.1 Å². The first-order chi connectivity index (χ1) is 8.06. The van der Waals surface area contributed by atoms with Crippen molar-refractivity contribution in [3.05, 3.63) is 0 Å². The zero-order valence-corrected chi connectivity index (χ0v) is 12.8. The lowest BCUT2D eigenvalue weighted by Crippen LogP contribution is -2.50. The Hall–Kier alpha value is -0.120. The third kappa shape index (κ3) is 7.02. The molecule has 0 aliphatic rings. The summed E-state index contributed by atoms with van der Waals surface area (Å²) in [5, 5.41) is 3.60. The van der Waals surface area contributed by atoms with E-state index in [1.807, 2.05) is 0 Å². The van der Waals surface area contributed by atoms with Crippen LogP contribution in [0.1, 0.15) is 40.5 Å². The number of hydrogen-bond acceptors (Lipinski definition) is 3. The van der Waals surface area contributed by atoms with Crippen LogP contribution in [0.2, 0.25) is 0 Å². The normalized spacial score (nSPS) is 15.5. The minimum Gasteiger partial charge on any atom is -0.313 e. The Morgan fingerprint density at radius 2 is 1.65 bits per heavy atom. The molecule has 0 amide bonds. The van der Waals surface area contributed by atoms with Crippen molar-refractivity contribution in [2.75, 3.05) is 40.3 Å². The maximum Gasteiger partial charge on any atom is 0.0221 e. The van der Waals surface area contributed by atoms with Crippen LogP contribution < -0.4 is 5.32 Å². The van der Waals surface area contributed by atoms with Gasteiger partial charge in [0.25, 0.3) is 0 Å². The van der Waals surface area contributed by atoms with Crippen molar-refractivity contribution in [3.63, 3.8) is 0 Å². The fourth-order valence-corrected chi connectivity index (χ4v) is 2.31. The molecule has 2 atom stereocenters. The number of nitrogens with zero attached hydrogens (tertiary/aromatic N) is 2. The molecule has 0 saturated carbocycles. The largest absolute Gasteiger partial charge is 0.313 e. The Kier molecular flexibility index (Phi) is 9.79. The lowest BCUT2D eigenvalue weighted by Gasteiger charge is -2.35. The summed E-state index contributed by atoms with van der Waals surface area (Å²) in [6.45, 7) is 13.7. The minimum absolute atomic E-state index is 0.619. The molecule has 0 fully saturated rings. The first-order valence-electron chi connectivity index (χ1n) is 7.18. The highest BCUT2D eigenvalue weighted by molar-refractivity contribution is 4.80. The molecule has 0 aromatic rings. The molecule has 2 unspecified atom stereocenters. The molecule has 0 rings (SSSR count). The monoisotopic (exact) mass is 243 g/mol. The van der Waals surface area contributed by atoms with Gasteiger partial charge in [0.1, 0.15) is 0 Å². The Morgan fingerprint density at radius 3 is 2.06 bits per heavy atom. The summed E-state index contributed by atoms with van der Waals surface area (Å²) < 4.78 is 0. The smallest absolute Gasteiger partial charge is 0.0221 e. The highest BCUT2D eigenvalue weighted by atomic mass is 15.2. The lowest BCUT2D eigenvalue weighted by atomic mass is 10.1. The third-order valence-electron chi connectivity index (χ3n) is 3.41. The van der Waals surface area contributed by atoms with E-state index < -0.39 is 0 Å². The Bertz CT molecular complexity index is 171. The van der Waals surface area contributed by atoms with Gasteiger partial charge in [-0.05, 0) is 47.0 Å². The van der Waals surface area contributed by atoms with Gasteiger partial charge in [0.05, 0.1) is 0 Å². The van der Waals surface area contributed by atoms with Gasteiger partial charge in [-0.3, -0.25) is 4.90 Å². The maximum absolute atomic E-state index is 3.60. The number of likely N-dealkylation sites (N-methyl/N-ethyl adjacent to an activating group) is 2. The molecule has 0 aliphatic heterocycles. The summed E-state index contributed by atoms with van der Waals surface area (Å²) in [4.78, 5) is 4.89. The fraction of sp³-hybridized carbons (Fsp3) is 1.00. The highest BCUT2D eigenvalue weighted by Crippen LogP contribution is 2.08. The van der Waals surface area contributed by atoms with Gasteiger partial charge in [-0.1, -0.05) is 20.8 Å². The van der Waals surface area contributed by atoms with Crippen LogP contribution in [0.15, 0.2) is 0 Å². The lowest BCUT2D eigenvalue weighted by molar-refractivity contribution is 0.154. The second-order valence-corrected chi connectivity index (χ2v) is 5.15. The zero-order chi connectivity index (χ0) is 13.3. The van der Waals surface area contributed by atoms with Crippen molar-refractivity contribution in [3.8, 4) is 0 Å². The van der Waals surface area contributed by atoms with E-state index in [0.29, 0.717) is 12.1 Å². The van der Waals surface area contributed by atoms with E-state index in [9.17, 15) is 0 Å². The van der Waals surface area contributed by atoms with Gasteiger partial charge in [0.15, 0.2) is 0 Å². The molecule has 0 spiro atoms. The maximum atomic E-state index is 3.60. The van der Waals surface area contributed by atoms with E-state index in [1.165, 1.54) is 25.9 Å². The Morgan fingerprint density at radius 1 is 1.00 bits per heavy atom. The SMILES string of the molecule is CCCN(CCN(C)C)C(C)C(CC)NCC. The number of hydrogen-bond donors (Lipinski definition) is 1. The highest BCUT2D eigenvalue weighted by Gasteiger charge is 2.20. The quantitative estimate of drug-likeness (QED) is 0.633. The molecule has 17 heavy (non-hydrogen) atoms. The summed E-state index contributed by atoms with van der Waals surface area (Å²) in [5.41, 5.74) is 0. The molecule has 1 N–H and O–H groups in total. The molecule has 0 heterocycles. The molecule has 0 bridgehead atoms. The van der Waals surface area contributed by atoms with Crippen molar-refractivity contribution < 1.29 is 0 Å². The van der Waals surface area contributed by atoms with Crippen molar-refractivity contribution in [2.24, 2.45) is 0 Å². The average Bonchev–Trinajstić information content (AvgIpc) is 2.30. The van der Waals surface area contributed by atoms with Crippen LogP contribution >= 0.6 is 0 Å². The second kappa shape index (κ2) is 9.86. The summed E-state index contributed by atoms with van der Waals surface area (Å²) >= 11 is 0. The van der Waals surface area contributed by atoms with E-state index in [2.05, 4.69) is 56.9 Å². The predicted octanol–water partition coefficient (Wildman–Crippen LogP) is 2.04. The summed E-state index contributed by atoms with van der Waals surface area (Å²) in [7, 11) is 4.30. The number of rotatable bonds is 10. The average molecular weight is 243 g/mol. The van der Waals surface area contributed by atoms with E-state index in [0.717, 1.165) is 13.1 Å². The van der Waals surface area contributed by atoms with E-state index in [-0.39, 0.29) is 0 Å². The molecule has 0 aromatic carbocycles. The van der Waals surface area contributed by atoms with Crippen LogP contribution in [0, 0.1) is 0 Å². The molecule has 0 aromatic heterocycles. The topological polar surface area (TPSA) is 18.5 Å². The molecular formula is C14H33N3. The van der Waals surface area contributed by atoms with Crippen molar-refractivity contribution in [1.29, 1.82) is 0 Å². The van der Waals surface area contributed by atoms with Crippen LogP contribution in [0.4, 0.5) is 0 Å². The standard InChI is InChI=1S/C14H33N3/c1-7-10-17(12-11-16(5)6)13(4)14(8-2)15-9-3/h13-15H,7-12H2,1-6H3. The van der Waals surface area contributed by atoms with Crippen LogP contribution in [0.5, 0.6) is 0 Å². The Balaban J connectivity index is 4.32. The van der Waals surface area contributed by atoms with Crippen LogP contribution in [-0.4, -0.2) is 62.2 Å². The molecule has 104 valence electrons. The second-order valence-electron chi connectivity index (χ2n) is 5.15. The van der Waals surface area contributed by atoms with Gasteiger partial charge in [-0.2, -0.15) is 0 Å². The van der Waals surface area contributed by atoms with Gasteiger partial charge < -0.3 is 10.2 Å². The molecule has 0 aliphatic carbocycles. The summed E-state index contributed by atoms with van der Waals surface area (Å²) in [6.07, 6.45) is 2.44. The van der Waals surface area contributed by atoms with E-state index in [1.54, 1.807) is 0 Å². The van der Waals surface area contributed by atoms with E-state index in [4.69, 9.17) is 0 Å². The first kappa shape index (κ1) is 16.9. The van der Waals surface area contributed by atoms with Gasteiger partial charge in [-0.25, -0.2) is 0 Å². The van der Waals surface area contributed by atoms with Gasteiger partial charge in [0.2, 0.25) is 0 Å². The first-order valence-corrected chi connectivity index (χ1v) is 7.18. The van der Waals surface area contributed by atoms with Gasteiger partial charge in [0, 0.05) is 25.2 Å². The number of nitrogens with one attached hydrogen (secondary N) is 1. The Labute approximate surface area is 109 Å². The minimum atomic E-state index is 0.619. The van der Waals surface area contributed by atoms with Gasteiger partial charge in [-0.15, -0.1) is 0 Å². The van der Waals surface area contributed by atoms with Crippen molar-refractivity contribution >= 4 is 0 Å². The summed E-state index contributed by atoms with van der Waals surface area (Å²) in [5.74, 6) is 0. The fourth-order valence-electron chi connectivity index (χ4n) is 2.31. The molecule has 3 nitrogen and oxygen atoms in total. The van der Waals surface area contributed by atoms with Crippen LogP contribution in [0.25, 0.3) is 0 Å². The van der Waals surface area contributed by atoms with E-state index >= 15 is 0 Å². The van der Waals surface area contributed by atoms with Gasteiger partial charge >= 0.3 is 0 Å². The molecule has 0 radical (unpaired) electrons. The zero-order valence-electron chi connectivity index (χ0n) is 12.8. The molecular weight excluding hydrogens is 210 g/mol. The predicted molar refractivity (Wildman–Crippen MR) is 77.6 cm³/mol. The third-order valence-corrected chi connectivity index (χ3v) is 3.41. The summed E-state index contributed by atoms with van der Waals surface area (Å²) in [6, 6.07) is 1.24. The molecule has 0 saturated heterocycles.